The molecule has 0 saturated heterocycles. The summed E-state index contributed by atoms with van der Waals surface area (Å²) >= 11 is 3.38. The third-order valence-corrected chi connectivity index (χ3v) is 3.92. The topological polar surface area (TPSA) is 0 Å². The first kappa shape index (κ1) is 22.7. The molecule has 0 fully saturated rings. The van der Waals surface area contributed by atoms with E-state index < -0.39 is 0 Å². The molecule has 0 nitrogen and oxygen atoms in total. The van der Waals surface area contributed by atoms with Gasteiger partial charge >= 0.3 is 41.3 Å². The Morgan fingerprint density at radius 1 is 1.09 bits per heavy atom. The van der Waals surface area contributed by atoms with E-state index in [9.17, 15) is 0 Å². The van der Waals surface area contributed by atoms with Gasteiger partial charge in [-0.2, -0.15) is 17.5 Å². The molecule has 4 heteroatoms. The van der Waals surface area contributed by atoms with Crippen molar-refractivity contribution < 1.29 is 49.0 Å². The maximum atomic E-state index is 2.22. The molecular formula is C19H19Cl2SZr-. The van der Waals surface area contributed by atoms with Crippen LogP contribution in [0.1, 0.15) is 13.8 Å². The first-order valence-corrected chi connectivity index (χ1v) is 9.11. The average molecular weight is 442 g/mol. The second-order valence-corrected chi connectivity index (χ2v) is 8.52. The van der Waals surface area contributed by atoms with Gasteiger partial charge in [0, 0.05) is 5.92 Å². The zero-order chi connectivity index (χ0) is 15.1. The minimum absolute atomic E-state index is 0. The molecule has 0 saturated carbocycles. The van der Waals surface area contributed by atoms with Crippen molar-refractivity contribution in [1.29, 1.82) is 0 Å². The number of allylic oxidation sites excluding steroid dienone is 5. The van der Waals surface area contributed by atoms with E-state index in [2.05, 4.69) is 86.0 Å². The van der Waals surface area contributed by atoms with E-state index in [0.717, 1.165) is 0 Å². The summed E-state index contributed by atoms with van der Waals surface area (Å²) in [5.74, 6) is 0.639. The van der Waals surface area contributed by atoms with Crippen LogP contribution >= 0.6 is 11.8 Å². The van der Waals surface area contributed by atoms with Gasteiger partial charge in [0.2, 0.25) is 0 Å². The van der Waals surface area contributed by atoms with Gasteiger partial charge in [0.25, 0.3) is 0 Å². The first-order valence-electron chi connectivity index (χ1n) is 7.01. The second-order valence-electron chi connectivity index (χ2n) is 5.08. The molecule has 1 atom stereocenters. The number of halogens is 2. The summed E-state index contributed by atoms with van der Waals surface area (Å²) in [5, 5.41) is 4.81. The Labute approximate surface area is 170 Å². The number of thioether (sulfide) groups is 1. The number of fused-ring (bicyclic) bond motifs is 2. The van der Waals surface area contributed by atoms with Gasteiger partial charge in [0.15, 0.2) is 0 Å². The van der Waals surface area contributed by atoms with Crippen LogP contribution in [0.2, 0.25) is 0 Å². The molecule has 0 aromatic heterocycles. The monoisotopic (exact) mass is 439 g/mol. The minimum Gasteiger partial charge on any atom is -1.00 e. The third kappa shape index (κ3) is 7.90. The Hall–Kier alpha value is -0.267. The SMILES string of the molecule is C1=CC2C=CSC2=C1.C[C](C)=[Zr+2].[Cl-].[Cl-].c1ccc2[cH-]ccc2c1. The molecule has 0 bridgehead atoms. The van der Waals surface area contributed by atoms with Crippen molar-refractivity contribution in [2.75, 3.05) is 0 Å². The molecule has 1 heterocycles. The molecule has 2 aromatic carbocycles. The molecule has 0 N–H and O–H groups in total. The van der Waals surface area contributed by atoms with Crippen LogP contribution in [0, 0.1) is 5.92 Å². The first-order chi connectivity index (χ1) is 10.2. The van der Waals surface area contributed by atoms with Crippen molar-refractivity contribution in [3.8, 4) is 0 Å². The Morgan fingerprint density at radius 3 is 2.43 bits per heavy atom. The molecule has 0 radical (unpaired) electrons. The molecule has 1 aliphatic heterocycles. The van der Waals surface area contributed by atoms with Crippen molar-refractivity contribution >= 4 is 25.7 Å². The molecule has 23 heavy (non-hydrogen) atoms. The van der Waals surface area contributed by atoms with Crippen molar-refractivity contribution in [1.82, 2.24) is 0 Å². The van der Waals surface area contributed by atoms with Gasteiger partial charge in [0.05, 0.1) is 0 Å². The fraction of sp³-hybridized carbons (Fsp3) is 0.158. The van der Waals surface area contributed by atoms with E-state index in [1.54, 1.807) is 24.2 Å². The predicted molar refractivity (Wildman–Crippen MR) is 93.3 cm³/mol. The Balaban J connectivity index is 0.000000324. The number of benzene rings is 1. The third-order valence-electron chi connectivity index (χ3n) is 2.95. The maximum absolute atomic E-state index is 2.22. The molecule has 1 aliphatic carbocycles. The van der Waals surface area contributed by atoms with Crippen LogP contribution in [0.15, 0.2) is 77.1 Å². The molecule has 0 spiro atoms. The fourth-order valence-corrected chi connectivity index (χ4v) is 2.90. The standard InChI is InChI=1S/C9H7.C7H6S.C3H6.2ClH.Zr/c1-2-5-9-7-3-6-8(9)4-1;1-2-6-4-5-8-7(6)3-1;1-3-2;;;/h1-7H;1-6H;1-2H3;2*1H;/q-1;;;;;+2/p-2. The van der Waals surface area contributed by atoms with Gasteiger partial charge in [0.1, 0.15) is 0 Å². The van der Waals surface area contributed by atoms with Crippen LogP contribution in [0.25, 0.3) is 10.8 Å². The van der Waals surface area contributed by atoms with Gasteiger partial charge < -0.3 is 24.8 Å². The number of hydrogen-bond acceptors (Lipinski definition) is 1. The Bertz CT molecular complexity index is 664. The van der Waals surface area contributed by atoms with Gasteiger partial charge in [-0.25, -0.2) is 0 Å². The Kier molecular flexibility index (Phi) is 12.0. The quantitative estimate of drug-likeness (QED) is 0.503. The smallest absolute Gasteiger partial charge is 0.0809 e. The summed E-state index contributed by atoms with van der Waals surface area (Å²) in [6, 6.07) is 14.7. The molecule has 1 unspecified atom stereocenters. The predicted octanol–water partition coefficient (Wildman–Crippen LogP) is -0.371. The molecule has 2 aromatic rings. The van der Waals surface area contributed by atoms with E-state index in [1.165, 1.54) is 18.9 Å². The zero-order valence-electron chi connectivity index (χ0n) is 13.2. The van der Waals surface area contributed by atoms with Crippen molar-refractivity contribution in [2.24, 2.45) is 5.92 Å². The second kappa shape index (κ2) is 12.1. The number of rotatable bonds is 0. The summed E-state index contributed by atoms with van der Waals surface area (Å²) in [6.45, 7) is 4.25. The van der Waals surface area contributed by atoms with Crippen LogP contribution in [0.3, 0.4) is 0 Å². The summed E-state index contributed by atoms with van der Waals surface area (Å²) in [4.78, 5) is 1.48. The van der Waals surface area contributed by atoms with Gasteiger partial charge in [-0.1, -0.05) is 30.4 Å². The molecule has 4 rings (SSSR count). The molecule has 0 amide bonds. The summed E-state index contributed by atoms with van der Waals surface area (Å²) in [7, 11) is 0. The van der Waals surface area contributed by atoms with Crippen LogP contribution < -0.4 is 24.8 Å². The van der Waals surface area contributed by atoms with Gasteiger partial charge in [-0.05, 0) is 10.3 Å². The fourth-order valence-electron chi connectivity index (χ4n) is 2.03. The van der Waals surface area contributed by atoms with Crippen LogP contribution in [0.5, 0.6) is 0 Å². The molecule has 2 aliphatic rings. The number of hydrogen-bond donors (Lipinski definition) is 0. The summed E-state index contributed by atoms with van der Waals surface area (Å²) < 4.78 is 1.51. The van der Waals surface area contributed by atoms with E-state index in [4.69, 9.17) is 0 Å². The molecule has 120 valence electrons. The minimum atomic E-state index is 0. The van der Waals surface area contributed by atoms with E-state index in [-0.39, 0.29) is 24.8 Å². The molecular weight excluding hydrogens is 422 g/mol. The largest absolute Gasteiger partial charge is 1.00 e. The summed E-state index contributed by atoms with van der Waals surface area (Å²) in [6.07, 6.45) is 8.73. The van der Waals surface area contributed by atoms with Crippen molar-refractivity contribution in [3.63, 3.8) is 0 Å². The van der Waals surface area contributed by atoms with Crippen LogP contribution in [0.4, 0.5) is 0 Å². The van der Waals surface area contributed by atoms with E-state index in [1.807, 2.05) is 11.8 Å². The van der Waals surface area contributed by atoms with Crippen LogP contribution in [-0.4, -0.2) is 3.21 Å². The van der Waals surface area contributed by atoms with Gasteiger partial charge in [-0.15, -0.1) is 41.4 Å². The van der Waals surface area contributed by atoms with Gasteiger partial charge in [-0.3, -0.25) is 0 Å². The Morgan fingerprint density at radius 2 is 1.78 bits per heavy atom. The normalized spacial score (nSPS) is 16.0. The summed E-state index contributed by atoms with van der Waals surface area (Å²) in [5.41, 5.74) is 0. The average Bonchev–Trinajstić information content (AvgIpc) is 3.15. The zero-order valence-corrected chi connectivity index (χ0v) is 18.0. The van der Waals surface area contributed by atoms with Crippen molar-refractivity contribution in [2.45, 2.75) is 13.8 Å². The van der Waals surface area contributed by atoms with E-state index >= 15 is 0 Å². The van der Waals surface area contributed by atoms with E-state index in [0.29, 0.717) is 5.92 Å². The van der Waals surface area contributed by atoms with Crippen LogP contribution in [-0.2, 0) is 24.2 Å². The maximum Gasteiger partial charge on any atom is -0.0809 e. The van der Waals surface area contributed by atoms with Crippen molar-refractivity contribution in [3.05, 3.63) is 77.1 Å².